The van der Waals surface area contributed by atoms with E-state index < -0.39 is 0 Å². The molecule has 4 nitrogen and oxygen atoms in total. The van der Waals surface area contributed by atoms with E-state index in [0.717, 1.165) is 28.8 Å². The van der Waals surface area contributed by atoms with E-state index in [0.29, 0.717) is 12.0 Å². The molecule has 1 amide bonds. The van der Waals surface area contributed by atoms with Crippen molar-refractivity contribution in [3.63, 3.8) is 0 Å². The van der Waals surface area contributed by atoms with Crippen LogP contribution in [0.1, 0.15) is 55.6 Å². The molecule has 29 heavy (non-hydrogen) atoms. The molecule has 1 aliphatic carbocycles. The highest BCUT2D eigenvalue weighted by atomic mass is 16.2. The highest BCUT2D eigenvalue weighted by molar-refractivity contribution is 6.01. The van der Waals surface area contributed by atoms with Crippen LogP contribution in [-0.4, -0.2) is 16.7 Å². The fourth-order valence-electron chi connectivity index (χ4n) is 4.29. The highest BCUT2D eigenvalue weighted by Crippen LogP contribution is 2.45. The number of rotatable bonds is 3. The van der Waals surface area contributed by atoms with E-state index in [1.165, 1.54) is 0 Å². The van der Waals surface area contributed by atoms with E-state index in [9.17, 15) is 9.59 Å². The summed E-state index contributed by atoms with van der Waals surface area (Å²) in [6, 6.07) is 19.1. The largest absolute Gasteiger partial charge is 0.294 e. The monoisotopic (exact) mass is 386 g/mol. The maximum absolute atomic E-state index is 13.0. The summed E-state index contributed by atoms with van der Waals surface area (Å²) in [6.45, 7) is 6.24. The van der Waals surface area contributed by atoms with Gasteiger partial charge in [-0.05, 0) is 48.1 Å². The number of carbonyl (C=O) groups excluding carboxylic acids is 2. The Bertz CT molecular complexity index is 1000. The SMILES string of the molecule is CC1=CC2=C(CC(C)(C)CC2=O)N(NC(=O)c2ccccc2)C1c1ccccc1. The van der Waals surface area contributed by atoms with Crippen LogP contribution in [0.15, 0.2) is 83.6 Å². The van der Waals surface area contributed by atoms with Gasteiger partial charge in [0, 0.05) is 23.3 Å². The predicted molar refractivity (Wildman–Crippen MR) is 114 cm³/mol. The lowest BCUT2D eigenvalue weighted by Crippen LogP contribution is -2.48. The van der Waals surface area contributed by atoms with Gasteiger partial charge in [0.05, 0.1) is 6.04 Å². The lowest BCUT2D eigenvalue weighted by atomic mass is 9.73. The maximum Gasteiger partial charge on any atom is 0.269 e. The van der Waals surface area contributed by atoms with Crippen molar-refractivity contribution in [1.29, 1.82) is 0 Å². The summed E-state index contributed by atoms with van der Waals surface area (Å²) in [6.07, 6.45) is 3.26. The molecule has 1 unspecified atom stereocenters. The van der Waals surface area contributed by atoms with Crippen LogP contribution in [0, 0.1) is 5.41 Å². The van der Waals surface area contributed by atoms with Gasteiger partial charge < -0.3 is 0 Å². The third-order valence-corrected chi connectivity index (χ3v) is 5.62. The number of allylic oxidation sites excluding steroid dienone is 3. The van der Waals surface area contributed by atoms with Gasteiger partial charge in [-0.3, -0.25) is 20.0 Å². The summed E-state index contributed by atoms with van der Waals surface area (Å²) in [5.41, 5.74) is 7.30. The van der Waals surface area contributed by atoms with Crippen LogP contribution in [0.3, 0.4) is 0 Å². The summed E-state index contributed by atoms with van der Waals surface area (Å²) in [5, 5.41) is 1.92. The highest BCUT2D eigenvalue weighted by Gasteiger charge is 2.40. The van der Waals surface area contributed by atoms with Crippen molar-refractivity contribution in [2.24, 2.45) is 5.41 Å². The van der Waals surface area contributed by atoms with Crippen molar-refractivity contribution in [2.45, 2.75) is 39.7 Å². The Morgan fingerprint density at radius 1 is 1.00 bits per heavy atom. The number of Topliss-reactive ketones (excluding diaryl/α,β-unsaturated/α-hetero) is 1. The van der Waals surface area contributed by atoms with Crippen molar-refractivity contribution < 1.29 is 9.59 Å². The van der Waals surface area contributed by atoms with Crippen LogP contribution < -0.4 is 5.43 Å². The molecule has 0 aromatic heterocycles. The quantitative estimate of drug-likeness (QED) is 0.809. The average Bonchev–Trinajstić information content (AvgIpc) is 2.70. The summed E-state index contributed by atoms with van der Waals surface area (Å²) in [4.78, 5) is 25.9. The fourth-order valence-corrected chi connectivity index (χ4v) is 4.29. The molecule has 4 heteroatoms. The van der Waals surface area contributed by atoms with Crippen molar-refractivity contribution in [3.05, 3.63) is 94.7 Å². The van der Waals surface area contributed by atoms with E-state index >= 15 is 0 Å². The van der Waals surface area contributed by atoms with Crippen molar-refractivity contribution >= 4 is 11.7 Å². The molecule has 1 atom stereocenters. The van der Waals surface area contributed by atoms with Gasteiger partial charge in [0.1, 0.15) is 0 Å². The number of hydrazine groups is 1. The van der Waals surface area contributed by atoms with E-state index in [1.54, 1.807) is 12.1 Å². The van der Waals surface area contributed by atoms with Gasteiger partial charge in [-0.1, -0.05) is 62.4 Å². The van der Waals surface area contributed by atoms with Crippen LogP contribution in [0.4, 0.5) is 0 Å². The first-order chi connectivity index (χ1) is 13.9. The zero-order chi connectivity index (χ0) is 20.6. The third kappa shape index (κ3) is 3.75. The molecular formula is C25H26N2O2. The molecule has 0 saturated heterocycles. The Labute approximate surface area is 171 Å². The molecule has 148 valence electrons. The third-order valence-electron chi connectivity index (χ3n) is 5.62. The second-order valence-corrected chi connectivity index (χ2v) is 8.68. The van der Waals surface area contributed by atoms with Crippen LogP contribution >= 0.6 is 0 Å². The van der Waals surface area contributed by atoms with Gasteiger partial charge in [-0.25, -0.2) is 0 Å². The van der Waals surface area contributed by atoms with Crippen LogP contribution in [0.5, 0.6) is 0 Å². The van der Waals surface area contributed by atoms with Crippen LogP contribution in [0.2, 0.25) is 0 Å². The zero-order valence-corrected chi connectivity index (χ0v) is 17.1. The second kappa shape index (κ2) is 7.36. The first kappa shape index (κ1) is 19.2. The Kier molecular flexibility index (Phi) is 4.87. The molecule has 1 heterocycles. The maximum atomic E-state index is 13.0. The predicted octanol–water partition coefficient (Wildman–Crippen LogP) is 4.98. The number of nitrogens with one attached hydrogen (secondary N) is 1. The summed E-state index contributed by atoms with van der Waals surface area (Å²) >= 11 is 0. The van der Waals surface area contributed by atoms with Gasteiger partial charge in [0.25, 0.3) is 5.91 Å². The number of nitrogens with zero attached hydrogens (tertiary/aromatic N) is 1. The minimum atomic E-state index is -0.177. The van der Waals surface area contributed by atoms with Gasteiger partial charge in [-0.15, -0.1) is 0 Å². The lowest BCUT2D eigenvalue weighted by Gasteiger charge is -2.44. The molecule has 0 bridgehead atoms. The van der Waals surface area contributed by atoms with Crippen molar-refractivity contribution in [2.75, 3.05) is 0 Å². The van der Waals surface area contributed by atoms with E-state index in [1.807, 2.05) is 54.4 Å². The van der Waals surface area contributed by atoms with Crippen LogP contribution in [0.25, 0.3) is 0 Å². The minimum Gasteiger partial charge on any atom is -0.294 e. The molecule has 0 fully saturated rings. The molecular weight excluding hydrogens is 360 g/mol. The number of carbonyl (C=O) groups is 2. The molecule has 1 aliphatic heterocycles. The smallest absolute Gasteiger partial charge is 0.269 e. The lowest BCUT2D eigenvalue weighted by molar-refractivity contribution is -0.118. The molecule has 2 aliphatic rings. The van der Waals surface area contributed by atoms with Gasteiger partial charge in [-0.2, -0.15) is 0 Å². The minimum absolute atomic E-state index is 0.140. The first-order valence-electron chi connectivity index (χ1n) is 10.0. The number of ketones is 1. The molecule has 2 aromatic rings. The summed E-state index contributed by atoms with van der Waals surface area (Å²) in [7, 11) is 0. The number of amides is 1. The number of hydrogen-bond acceptors (Lipinski definition) is 3. The number of hydrogen-bond donors (Lipinski definition) is 1. The summed E-state index contributed by atoms with van der Waals surface area (Å²) in [5.74, 6) is -0.0371. The molecule has 2 aromatic carbocycles. The normalized spacial score (nSPS) is 20.8. The summed E-state index contributed by atoms with van der Waals surface area (Å²) < 4.78 is 0. The standard InChI is InChI=1S/C25H26N2O2/c1-17-14-20-21(15-25(2,3)16-22(20)28)27(23(17)18-10-6-4-7-11-18)26-24(29)19-12-8-5-9-13-19/h4-14,23H,15-16H2,1-3H3,(H,26,29). The van der Waals surface area contributed by atoms with Crippen molar-refractivity contribution in [3.8, 4) is 0 Å². The average molecular weight is 386 g/mol. The van der Waals surface area contributed by atoms with E-state index in [2.05, 4.69) is 31.4 Å². The molecule has 0 radical (unpaired) electrons. The molecule has 1 N–H and O–H groups in total. The molecule has 0 spiro atoms. The Balaban J connectivity index is 1.79. The van der Waals surface area contributed by atoms with E-state index in [4.69, 9.17) is 0 Å². The Morgan fingerprint density at radius 2 is 1.62 bits per heavy atom. The number of benzene rings is 2. The molecule has 0 saturated carbocycles. The van der Waals surface area contributed by atoms with E-state index in [-0.39, 0.29) is 23.1 Å². The van der Waals surface area contributed by atoms with Crippen LogP contribution in [-0.2, 0) is 4.79 Å². The first-order valence-corrected chi connectivity index (χ1v) is 10.0. The zero-order valence-electron chi connectivity index (χ0n) is 17.1. The topological polar surface area (TPSA) is 49.4 Å². The van der Waals surface area contributed by atoms with Gasteiger partial charge in [0.2, 0.25) is 0 Å². The Hall–Kier alpha value is -3.14. The van der Waals surface area contributed by atoms with Gasteiger partial charge in [0.15, 0.2) is 5.78 Å². The van der Waals surface area contributed by atoms with Gasteiger partial charge >= 0.3 is 0 Å². The van der Waals surface area contributed by atoms with Crippen molar-refractivity contribution in [1.82, 2.24) is 10.4 Å². The fraction of sp³-hybridized carbons (Fsp3) is 0.280. The Morgan fingerprint density at radius 3 is 2.28 bits per heavy atom. The second-order valence-electron chi connectivity index (χ2n) is 8.68. The molecule has 4 rings (SSSR count).